The van der Waals surface area contributed by atoms with Crippen LogP contribution in [0.25, 0.3) is 0 Å². The summed E-state index contributed by atoms with van der Waals surface area (Å²) in [6.07, 6.45) is 2.69. The van der Waals surface area contributed by atoms with Gasteiger partial charge in [0, 0.05) is 17.5 Å². The predicted molar refractivity (Wildman–Crippen MR) is 155 cm³/mol. The Hall–Kier alpha value is -3.85. The molecule has 1 aliphatic rings. The summed E-state index contributed by atoms with van der Waals surface area (Å²) in [7, 11) is 0. The third-order valence-electron chi connectivity index (χ3n) is 6.82. The molecule has 1 aromatic heterocycles. The molecule has 1 aliphatic heterocycles. The molecule has 0 spiro atoms. The van der Waals surface area contributed by atoms with Crippen LogP contribution < -0.4 is 0 Å². The maximum absolute atomic E-state index is 13.3. The Labute approximate surface area is 244 Å². The zero-order valence-electron chi connectivity index (χ0n) is 23.9. The van der Waals surface area contributed by atoms with E-state index in [2.05, 4.69) is 4.98 Å². The van der Waals surface area contributed by atoms with E-state index >= 15 is 0 Å². The first-order valence-electron chi connectivity index (χ1n) is 13.8. The largest absolute Gasteiger partial charge is 0.460 e. The van der Waals surface area contributed by atoms with Gasteiger partial charge in [-0.15, -0.1) is 11.3 Å². The van der Waals surface area contributed by atoms with E-state index < -0.39 is 23.5 Å². The van der Waals surface area contributed by atoms with Crippen LogP contribution in [0, 0.1) is 5.92 Å². The molecule has 2 aromatic carbocycles. The minimum atomic E-state index is -0.976. The maximum atomic E-state index is 13.3. The fourth-order valence-electron chi connectivity index (χ4n) is 4.80. The number of carbonyl (C=O) groups excluding carboxylic acids is 4. The van der Waals surface area contributed by atoms with Gasteiger partial charge in [-0.05, 0) is 50.7 Å². The van der Waals surface area contributed by atoms with Gasteiger partial charge in [0.2, 0.25) is 11.8 Å². The predicted octanol–water partition coefficient (Wildman–Crippen LogP) is 5.25. The number of rotatable bonds is 11. The summed E-state index contributed by atoms with van der Waals surface area (Å²) in [5.41, 5.74) is 1.23. The van der Waals surface area contributed by atoms with Gasteiger partial charge in [-0.3, -0.25) is 19.3 Å². The second-order valence-electron chi connectivity index (χ2n) is 11.3. The quantitative estimate of drug-likeness (QED) is 0.227. The van der Waals surface area contributed by atoms with Crippen molar-refractivity contribution < 1.29 is 28.7 Å². The molecule has 0 N–H and O–H groups in total. The highest BCUT2D eigenvalue weighted by molar-refractivity contribution is 7.11. The summed E-state index contributed by atoms with van der Waals surface area (Å²) >= 11 is 1.38. The number of nitrogens with zero attached hydrogens (tertiary/aromatic N) is 2. The van der Waals surface area contributed by atoms with Gasteiger partial charge in [-0.25, -0.2) is 9.78 Å². The van der Waals surface area contributed by atoms with E-state index in [1.807, 2.05) is 88.4 Å². The van der Waals surface area contributed by atoms with Crippen molar-refractivity contribution in [3.63, 3.8) is 0 Å². The number of ether oxygens (including phenoxy) is 2. The molecule has 0 radical (unpaired) electrons. The third kappa shape index (κ3) is 8.10. The van der Waals surface area contributed by atoms with E-state index in [1.54, 1.807) is 6.20 Å². The van der Waals surface area contributed by atoms with Gasteiger partial charge in [0.25, 0.3) is 0 Å². The lowest BCUT2D eigenvalue weighted by Crippen LogP contribution is -2.66. The maximum Gasteiger partial charge on any atom is 0.330 e. The van der Waals surface area contributed by atoms with Crippen LogP contribution in [0.3, 0.4) is 0 Å². The van der Waals surface area contributed by atoms with Crippen molar-refractivity contribution in [2.24, 2.45) is 5.92 Å². The van der Waals surface area contributed by atoms with Crippen LogP contribution in [0.2, 0.25) is 0 Å². The Bertz CT molecular complexity index is 1370. The van der Waals surface area contributed by atoms with Crippen molar-refractivity contribution in [2.75, 3.05) is 0 Å². The standard InChI is InChI=1S/C32H36N2O6S/c1-21(23-13-9-6-10-14-23)17-27(35)34-29(31(38)39-20-22-11-7-5-8-12-22)25(30(34)37)16-15-24-19-33-26(41-24)18-28(36)40-32(2,3)4/h5-14,19,21,25,29H,15-18,20H2,1-4H3/t21-,25+,29-/m0/s1. The molecule has 216 valence electrons. The molecule has 0 unspecified atom stereocenters. The van der Waals surface area contributed by atoms with Gasteiger partial charge in [0.1, 0.15) is 23.3 Å². The molecule has 1 saturated heterocycles. The highest BCUT2D eigenvalue weighted by Crippen LogP contribution is 2.35. The van der Waals surface area contributed by atoms with Crippen molar-refractivity contribution in [2.45, 2.75) is 77.5 Å². The van der Waals surface area contributed by atoms with Gasteiger partial charge in [-0.2, -0.15) is 0 Å². The van der Waals surface area contributed by atoms with Gasteiger partial charge in [-0.1, -0.05) is 67.6 Å². The van der Waals surface area contributed by atoms with E-state index in [0.717, 1.165) is 20.9 Å². The smallest absolute Gasteiger partial charge is 0.330 e. The number of benzene rings is 2. The summed E-state index contributed by atoms with van der Waals surface area (Å²) in [5, 5.41) is 0.625. The molecule has 8 nitrogen and oxygen atoms in total. The van der Waals surface area contributed by atoms with Gasteiger partial charge in [0.15, 0.2) is 0 Å². The first kappa shape index (κ1) is 30.1. The van der Waals surface area contributed by atoms with Crippen LogP contribution in [0.5, 0.6) is 0 Å². The highest BCUT2D eigenvalue weighted by Gasteiger charge is 2.54. The van der Waals surface area contributed by atoms with Crippen LogP contribution in [0.4, 0.5) is 0 Å². The van der Waals surface area contributed by atoms with Crippen molar-refractivity contribution in [1.82, 2.24) is 9.88 Å². The topological polar surface area (TPSA) is 103 Å². The van der Waals surface area contributed by atoms with E-state index in [1.165, 1.54) is 11.3 Å². The number of hydrogen-bond acceptors (Lipinski definition) is 8. The van der Waals surface area contributed by atoms with E-state index in [0.29, 0.717) is 17.8 Å². The molecule has 0 saturated carbocycles. The van der Waals surface area contributed by atoms with E-state index in [4.69, 9.17) is 9.47 Å². The number of imide groups is 1. The molecule has 1 fully saturated rings. The normalized spacial score (nSPS) is 17.5. The van der Waals surface area contributed by atoms with Crippen molar-refractivity contribution in [3.8, 4) is 0 Å². The number of hydrogen-bond donors (Lipinski definition) is 0. The SMILES string of the molecule is C[C@@H](CC(=O)N1C(=O)[C@H](CCc2cnc(CC(=O)OC(C)(C)C)s2)[C@H]1C(=O)OCc1ccccc1)c1ccccc1. The second kappa shape index (κ2) is 13.2. The molecule has 0 bridgehead atoms. The number of aryl methyl sites for hydroxylation is 1. The van der Waals surface area contributed by atoms with Crippen molar-refractivity contribution in [1.29, 1.82) is 0 Å². The van der Waals surface area contributed by atoms with Crippen molar-refractivity contribution in [3.05, 3.63) is 87.9 Å². The molecule has 2 amide bonds. The lowest BCUT2D eigenvalue weighted by molar-refractivity contribution is -0.180. The summed E-state index contributed by atoms with van der Waals surface area (Å²) in [5.74, 6) is -2.48. The Morgan fingerprint density at radius 1 is 1.02 bits per heavy atom. The molecule has 0 aliphatic carbocycles. The van der Waals surface area contributed by atoms with Crippen molar-refractivity contribution >= 4 is 35.1 Å². The Kier molecular flexibility index (Phi) is 9.70. The van der Waals surface area contributed by atoms with Crippen LogP contribution in [0.1, 0.15) is 67.5 Å². The molecule has 9 heteroatoms. The number of amides is 2. The Balaban J connectivity index is 1.42. The number of esters is 2. The summed E-state index contributed by atoms with van der Waals surface area (Å²) in [4.78, 5) is 58.2. The molecule has 3 aromatic rings. The lowest BCUT2D eigenvalue weighted by atomic mass is 9.82. The van der Waals surface area contributed by atoms with Crippen LogP contribution in [0.15, 0.2) is 66.9 Å². The lowest BCUT2D eigenvalue weighted by Gasteiger charge is -2.44. The molecule has 2 heterocycles. The third-order valence-corrected chi connectivity index (χ3v) is 7.87. The first-order chi connectivity index (χ1) is 19.5. The first-order valence-corrected chi connectivity index (χ1v) is 14.6. The highest BCUT2D eigenvalue weighted by atomic mass is 32.1. The van der Waals surface area contributed by atoms with Gasteiger partial charge >= 0.3 is 11.9 Å². The summed E-state index contributed by atoms with van der Waals surface area (Å²) < 4.78 is 10.9. The number of carbonyl (C=O) groups is 4. The van der Waals surface area contributed by atoms with E-state index in [-0.39, 0.29) is 43.2 Å². The van der Waals surface area contributed by atoms with Gasteiger partial charge < -0.3 is 9.47 Å². The molecule has 3 atom stereocenters. The van der Waals surface area contributed by atoms with Crippen LogP contribution in [-0.4, -0.2) is 45.3 Å². The number of aromatic nitrogens is 1. The zero-order chi connectivity index (χ0) is 29.6. The average Bonchev–Trinajstić information content (AvgIpc) is 3.37. The van der Waals surface area contributed by atoms with E-state index in [9.17, 15) is 19.2 Å². The fraction of sp³-hybridized carbons (Fsp3) is 0.406. The Morgan fingerprint density at radius 2 is 1.68 bits per heavy atom. The molecular weight excluding hydrogens is 540 g/mol. The Morgan fingerprint density at radius 3 is 2.34 bits per heavy atom. The minimum Gasteiger partial charge on any atom is -0.460 e. The van der Waals surface area contributed by atoms with Gasteiger partial charge in [0.05, 0.1) is 12.3 Å². The molecular formula is C32H36N2O6S. The minimum absolute atomic E-state index is 0.0579. The van der Waals surface area contributed by atoms with Crippen LogP contribution >= 0.6 is 11.3 Å². The summed E-state index contributed by atoms with van der Waals surface area (Å²) in [6, 6.07) is 17.9. The number of likely N-dealkylation sites (tertiary alicyclic amines) is 1. The monoisotopic (exact) mass is 576 g/mol. The molecule has 41 heavy (non-hydrogen) atoms. The van der Waals surface area contributed by atoms with Crippen LogP contribution in [-0.2, 0) is 48.1 Å². The zero-order valence-corrected chi connectivity index (χ0v) is 24.7. The number of thiazole rings is 1. The number of β-lactam (4-membered cyclic amide) rings is 1. The molecule has 4 rings (SSSR count). The fourth-order valence-corrected chi connectivity index (χ4v) is 5.72. The second-order valence-corrected chi connectivity index (χ2v) is 12.5. The summed E-state index contributed by atoms with van der Waals surface area (Å²) in [6.45, 7) is 7.42. The average molecular weight is 577 g/mol.